The van der Waals surface area contributed by atoms with E-state index in [0.717, 1.165) is 29.1 Å². The third-order valence-electron chi connectivity index (χ3n) is 4.92. The van der Waals surface area contributed by atoms with Crippen molar-refractivity contribution >= 4 is 5.78 Å². The number of hydrogen-bond acceptors (Lipinski definition) is 2. The summed E-state index contributed by atoms with van der Waals surface area (Å²) >= 11 is 0. The Bertz CT molecular complexity index is 764. The van der Waals surface area contributed by atoms with Crippen LogP contribution in [0.1, 0.15) is 87.1 Å². The van der Waals surface area contributed by atoms with Gasteiger partial charge in [-0.1, -0.05) is 53.7 Å². The van der Waals surface area contributed by atoms with Gasteiger partial charge < -0.3 is 0 Å². The Morgan fingerprint density at radius 1 is 1.00 bits per heavy atom. The first kappa shape index (κ1) is 16.9. The van der Waals surface area contributed by atoms with E-state index in [2.05, 4.69) is 65.8 Å². The molecule has 1 aliphatic carbocycles. The number of fused-ring (bicyclic) bond motifs is 1. The minimum Gasteiger partial charge on any atom is -0.294 e. The second kappa shape index (κ2) is 5.87. The van der Waals surface area contributed by atoms with E-state index in [1.54, 1.807) is 0 Å². The van der Waals surface area contributed by atoms with Gasteiger partial charge in [-0.2, -0.15) is 5.10 Å². The molecule has 128 valence electrons. The Labute approximate surface area is 145 Å². The summed E-state index contributed by atoms with van der Waals surface area (Å²) < 4.78 is 2.01. The summed E-state index contributed by atoms with van der Waals surface area (Å²) in [6.45, 7) is 13.0. The fraction of sp³-hybridized carbons (Fsp3) is 0.524. The normalized spacial score (nSPS) is 16.8. The van der Waals surface area contributed by atoms with Crippen molar-refractivity contribution in [1.29, 1.82) is 0 Å². The fourth-order valence-electron chi connectivity index (χ4n) is 3.60. The maximum Gasteiger partial charge on any atom is 0.167 e. The number of Topliss-reactive ketones (excluding diaryl/α,β-unsaturated/α-hetero) is 1. The van der Waals surface area contributed by atoms with Gasteiger partial charge in [0, 0.05) is 6.42 Å². The van der Waals surface area contributed by atoms with Crippen molar-refractivity contribution in [2.24, 2.45) is 5.41 Å². The first-order valence-corrected chi connectivity index (χ1v) is 8.95. The molecule has 0 unspecified atom stereocenters. The molecule has 0 amide bonds. The number of carbonyl (C=O) groups is 1. The van der Waals surface area contributed by atoms with E-state index in [1.165, 1.54) is 5.56 Å². The summed E-state index contributed by atoms with van der Waals surface area (Å²) in [6.07, 6.45) is 1.50. The lowest BCUT2D eigenvalue weighted by Crippen LogP contribution is -2.28. The summed E-state index contributed by atoms with van der Waals surface area (Å²) in [4.78, 5) is 12.8. The predicted octanol–water partition coefficient (Wildman–Crippen LogP) is 5.27. The predicted molar refractivity (Wildman–Crippen MR) is 98.2 cm³/mol. The highest BCUT2D eigenvalue weighted by Crippen LogP contribution is 2.38. The standard InChI is InChI=1S/C21H28N2O/c1-13(2)15-7-9-16(10-8-15)23-17-11-21(5,6)12-18(24)19(17)20(22-23)14(3)4/h7-10,13-14H,11-12H2,1-6H3. The molecule has 0 atom stereocenters. The van der Waals surface area contributed by atoms with E-state index in [-0.39, 0.29) is 17.1 Å². The first-order valence-electron chi connectivity index (χ1n) is 8.95. The average molecular weight is 324 g/mol. The average Bonchev–Trinajstić information content (AvgIpc) is 2.85. The molecule has 1 aliphatic rings. The molecule has 1 heterocycles. The molecule has 1 aromatic heterocycles. The van der Waals surface area contributed by atoms with Crippen molar-refractivity contribution in [3.05, 3.63) is 46.8 Å². The molecule has 0 saturated heterocycles. The van der Waals surface area contributed by atoms with Crippen LogP contribution in [0.3, 0.4) is 0 Å². The van der Waals surface area contributed by atoms with Gasteiger partial charge in [-0.05, 0) is 41.4 Å². The van der Waals surface area contributed by atoms with Crippen molar-refractivity contribution < 1.29 is 4.79 Å². The SMILES string of the molecule is CC(C)c1ccc(-n2nc(C(C)C)c3c2CC(C)(C)CC3=O)cc1. The Morgan fingerprint density at radius 2 is 1.62 bits per heavy atom. The maximum atomic E-state index is 12.8. The lowest BCUT2D eigenvalue weighted by Gasteiger charge is -2.29. The molecule has 2 aromatic rings. The van der Waals surface area contributed by atoms with Crippen molar-refractivity contribution in [2.45, 2.75) is 66.2 Å². The summed E-state index contributed by atoms with van der Waals surface area (Å²) in [5.41, 5.74) is 5.26. The lowest BCUT2D eigenvalue weighted by atomic mass is 9.75. The van der Waals surface area contributed by atoms with Gasteiger partial charge in [0.1, 0.15) is 0 Å². The van der Waals surface area contributed by atoms with Gasteiger partial charge in [-0.3, -0.25) is 4.79 Å². The second-order valence-electron chi connectivity index (χ2n) is 8.46. The summed E-state index contributed by atoms with van der Waals surface area (Å²) in [7, 11) is 0. The topological polar surface area (TPSA) is 34.9 Å². The minimum absolute atomic E-state index is 0.00596. The Hall–Kier alpha value is -1.90. The zero-order chi connectivity index (χ0) is 17.6. The fourth-order valence-corrected chi connectivity index (χ4v) is 3.60. The zero-order valence-electron chi connectivity index (χ0n) is 15.7. The molecule has 1 aromatic carbocycles. The van der Waals surface area contributed by atoms with Gasteiger partial charge in [0.15, 0.2) is 5.78 Å². The van der Waals surface area contributed by atoms with Gasteiger partial charge in [-0.25, -0.2) is 4.68 Å². The quantitative estimate of drug-likeness (QED) is 0.770. The molecule has 0 bridgehead atoms. The molecule has 0 N–H and O–H groups in total. The lowest BCUT2D eigenvalue weighted by molar-refractivity contribution is 0.0909. The van der Waals surface area contributed by atoms with E-state index in [4.69, 9.17) is 5.10 Å². The van der Waals surface area contributed by atoms with Crippen LogP contribution in [0.2, 0.25) is 0 Å². The number of benzene rings is 1. The number of carbonyl (C=O) groups excluding carboxylic acids is 1. The smallest absolute Gasteiger partial charge is 0.167 e. The zero-order valence-corrected chi connectivity index (χ0v) is 15.7. The number of nitrogens with zero attached hydrogens (tertiary/aromatic N) is 2. The van der Waals surface area contributed by atoms with E-state index in [0.29, 0.717) is 12.3 Å². The number of aromatic nitrogens is 2. The van der Waals surface area contributed by atoms with Crippen molar-refractivity contribution in [2.75, 3.05) is 0 Å². The van der Waals surface area contributed by atoms with Crippen molar-refractivity contribution in [1.82, 2.24) is 9.78 Å². The third kappa shape index (κ3) is 2.92. The molecule has 3 rings (SSSR count). The number of rotatable bonds is 3. The van der Waals surface area contributed by atoms with Crippen LogP contribution in [0.25, 0.3) is 5.69 Å². The number of ketones is 1. The molecule has 24 heavy (non-hydrogen) atoms. The highest BCUT2D eigenvalue weighted by molar-refractivity contribution is 6.00. The Morgan fingerprint density at radius 3 is 2.17 bits per heavy atom. The van der Waals surface area contributed by atoms with E-state index < -0.39 is 0 Å². The van der Waals surface area contributed by atoms with Crippen LogP contribution in [0.15, 0.2) is 24.3 Å². The second-order valence-corrected chi connectivity index (χ2v) is 8.46. The molecule has 0 spiro atoms. The minimum atomic E-state index is -0.00596. The summed E-state index contributed by atoms with van der Waals surface area (Å²) in [5.74, 6) is 1.01. The van der Waals surface area contributed by atoms with Crippen LogP contribution < -0.4 is 0 Å². The van der Waals surface area contributed by atoms with Gasteiger partial charge >= 0.3 is 0 Å². The molecule has 0 saturated carbocycles. The summed E-state index contributed by atoms with van der Waals surface area (Å²) in [6, 6.07) is 8.58. The highest BCUT2D eigenvalue weighted by Gasteiger charge is 2.37. The van der Waals surface area contributed by atoms with Gasteiger partial charge in [0.2, 0.25) is 0 Å². The molecular formula is C21H28N2O. The van der Waals surface area contributed by atoms with Gasteiger partial charge in [0.05, 0.1) is 22.6 Å². The largest absolute Gasteiger partial charge is 0.294 e. The van der Waals surface area contributed by atoms with Gasteiger partial charge in [-0.15, -0.1) is 0 Å². The molecular weight excluding hydrogens is 296 g/mol. The molecule has 3 nitrogen and oxygen atoms in total. The van der Waals surface area contributed by atoms with E-state index in [9.17, 15) is 4.79 Å². The Kier molecular flexibility index (Phi) is 4.15. The van der Waals surface area contributed by atoms with Crippen LogP contribution in [0.4, 0.5) is 0 Å². The van der Waals surface area contributed by atoms with Crippen LogP contribution in [-0.4, -0.2) is 15.6 Å². The Balaban J connectivity index is 2.15. The van der Waals surface area contributed by atoms with Crippen LogP contribution in [0.5, 0.6) is 0 Å². The highest BCUT2D eigenvalue weighted by atomic mass is 16.1. The first-order chi connectivity index (χ1) is 11.2. The van der Waals surface area contributed by atoms with E-state index in [1.807, 2.05) is 4.68 Å². The molecule has 3 heteroatoms. The van der Waals surface area contributed by atoms with Crippen LogP contribution in [-0.2, 0) is 6.42 Å². The number of hydrogen-bond donors (Lipinski definition) is 0. The van der Waals surface area contributed by atoms with Crippen LogP contribution in [0, 0.1) is 5.41 Å². The van der Waals surface area contributed by atoms with Gasteiger partial charge in [0.25, 0.3) is 0 Å². The monoisotopic (exact) mass is 324 g/mol. The molecule has 0 fully saturated rings. The van der Waals surface area contributed by atoms with Crippen molar-refractivity contribution in [3.8, 4) is 5.69 Å². The van der Waals surface area contributed by atoms with E-state index >= 15 is 0 Å². The summed E-state index contributed by atoms with van der Waals surface area (Å²) in [5, 5.41) is 4.85. The van der Waals surface area contributed by atoms with Crippen LogP contribution >= 0.6 is 0 Å². The maximum absolute atomic E-state index is 12.8. The molecule has 0 radical (unpaired) electrons. The third-order valence-corrected chi connectivity index (χ3v) is 4.92. The molecule has 0 aliphatic heterocycles. The van der Waals surface area contributed by atoms with Crippen molar-refractivity contribution in [3.63, 3.8) is 0 Å².